The lowest BCUT2D eigenvalue weighted by molar-refractivity contribution is -0.124. The van der Waals surface area contributed by atoms with Crippen molar-refractivity contribution in [3.05, 3.63) is 0 Å². The maximum Gasteiger partial charge on any atom is 0.153 e. The van der Waals surface area contributed by atoms with E-state index in [1.807, 2.05) is 13.8 Å². The van der Waals surface area contributed by atoms with Crippen molar-refractivity contribution in [3.63, 3.8) is 0 Å². The summed E-state index contributed by atoms with van der Waals surface area (Å²) in [4.78, 5) is 11.0. The Labute approximate surface area is 71.7 Å². The summed E-state index contributed by atoms with van der Waals surface area (Å²) in [6.45, 7) is 3.72. The van der Waals surface area contributed by atoms with Crippen molar-refractivity contribution in [3.8, 4) is 0 Å². The van der Waals surface area contributed by atoms with Crippen LogP contribution >= 0.6 is 23.2 Å². The van der Waals surface area contributed by atoms with Gasteiger partial charge in [0.2, 0.25) is 0 Å². The summed E-state index contributed by atoms with van der Waals surface area (Å²) in [5.74, 6) is 0.661. The van der Waals surface area contributed by atoms with E-state index in [2.05, 4.69) is 0 Å². The Morgan fingerprint density at radius 1 is 1.40 bits per heavy atom. The fraction of sp³-hybridized carbons (Fsp3) is 0.857. The lowest BCUT2D eigenvalue weighted by atomic mass is 9.86. The molecule has 60 valence electrons. The van der Waals surface area contributed by atoms with Crippen molar-refractivity contribution in [2.45, 2.75) is 20.3 Å². The molecule has 0 unspecified atom stereocenters. The smallest absolute Gasteiger partial charge is 0.153 e. The molecule has 0 spiro atoms. The molecule has 10 heavy (non-hydrogen) atoms. The van der Waals surface area contributed by atoms with Crippen LogP contribution in [0.1, 0.15) is 20.3 Å². The summed E-state index contributed by atoms with van der Waals surface area (Å²) in [6.07, 6.45) is 0.695. The van der Waals surface area contributed by atoms with Crippen LogP contribution in [0.3, 0.4) is 0 Å². The van der Waals surface area contributed by atoms with E-state index in [-0.39, 0.29) is 17.1 Å². The predicted molar refractivity (Wildman–Crippen MR) is 44.8 cm³/mol. The number of carbonyl (C=O) groups is 1. The highest BCUT2D eigenvalue weighted by Crippen LogP contribution is 2.22. The van der Waals surface area contributed by atoms with Gasteiger partial charge in [0.25, 0.3) is 0 Å². The molecule has 0 aliphatic carbocycles. The second-order valence-electron chi connectivity index (χ2n) is 2.88. The van der Waals surface area contributed by atoms with Crippen LogP contribution in [-0.2, 0) is 4.79 Å². The van der Waals surface area contributed by atoms with Crippen molar-refractivity contribution in [2.24, 2.45) is 5.41 Å². The molecule has 0 aromatic rings. The molecule has 0 aromatic carbocycles. The third-order valence-corrected chi connectivity index (χ3v) is 2.03. The standard InChI is InChI=1S/C7H12Cl2O/c1-7(2,3-4-8)6(10)5-9/h3-5H2,1-2H3. The molecule has 0 saturated heterocycles. The summed E-state index contributed by atoms with van der Waals surface area (Å²) < 4.78 is 0. The van der Waals surface area contributed by atoms with Crippen LogP contribution in [0.5, 0.6) is 0 Å². The molecule has 0 aromatic heterocycles. The van der Waals surface area contributed by atoms with Gasteiger partial charge in [-0.1, -0.05) is 13.8 Å². The molecule has 0 N–H and O–H groups in total. The van der Waals surface area contributed by atoms with Gasteiger partial charge in [-0.25, -0.2) is 0 Å². The molecule has 0 fully saturated rings. The van der Waals surface area contributed by atoms with Crippen molar-refractivity contribution in [1.29, 1.82) is 0 Å². The molecule has 0 amide bonds. The zero-order valence-corrected chi connectivity index (χ0v) is 7.80. The molecule has 0 heterocycles. The average Bonchev–Trinajstić information content (AvgIpc) is 1.86. The minimum Gasteiger partial charge on any atom is -0.298 e. The molecule has 0 aliphatic rings. The molecular formula is C7H12Cl2O. The van der Waals surface area contributed by atoms with Crippen molar-refractivity contribution < 1.29 is 4.79 Å². The zero-order chi connectivity index (χ0) is 8.20. The van der Waals surface area contributed by atoms with Gasteiger partial charge in [0.1, 0.15) is 0 Å². The number of Topliss-reactive ketones (excluding diaryl/α,β-unsaturated/α-hetero) is 1. The number of halogens is 2. The Kier molecular flexibility index (Phi) is 4.30. The number of rotatable bonds is 4. The zero-order valence-electron chi connectivity index (χ0n) is 6.29. The molecule has 1 nitrogen and oxygen atoms in total. The molecule has 0 radical (unpaired) electrons. The topological polar surface area (TPSA) is 17.1 Å². The first-order chi connectivity index (χ1) is 4.54. The largest absolute Gasteiger partial charge is 0.298 e. The van der Waals surface area contributed by atoms with Gasteiger partial charge in [0, 0.05) is 11.3 Å². The van der Waals surface area contributed by atoms with E-state index < -0.39 is 0 Å². The summed E-state index contributed by atoms with van der Waals surface area (Å²) in [5, 5.41) is 0. The molecule has 0 saturated carbocycles. The fourth-order valence-corrected chi connectivity index (χ4v) is 1.39. The van der Waals surface area contributed by atoms with Gasteiger partial charge >= 0.3 is 0 Å². The molecule has 3 heteroatoms. The second kappa shape index (κ2) is 4.20. The van der Waals surface area contributed by atoms with E-state index in [1.54, 1.807) is 0 Å². The first-order valence-electron chi connectivity index (χ1n) is 3.20. The highest BCUT2D eigenvalue weighted by Gasteiger charge is 2.25. The van der Waals surface area contributed by atoms with Crippen LogP contribution in [-0.4, -0.2) is 17.5 Å². The van der Waals surface area contributed by atoms with Crippen LogP contribution in [0.15, 0.2) is 0 Å². The minimum absolute atomic E-state index is 0.0646. The van der Waals surface area contributed by atoms with Gasteiger partial charge < -0.3 is 0 Å². The molecule has 0 aliphatic heterocycles. The molecular weight excluding hydrogens is 171 g/mol. The van der Waals surface area contributed by atoms with Crippen molar-refractivity contribution in [2.75, 3.05) is 11.8 Å². The van der Waals surface area contributed by atoms with Gasteiger partial charge in [-0.15, -0.1) is 23.2 Å². The minimum atomic E-state index is -0.344. The van der Waals surface area contributed by atoms with Crippen LogP contribution < -0.4 is 0 Å². The summed E-state index contributed by atoms with van der Waals surface area (Å²) in [7, 11) is 0. The van der Waals surface area contributed by atoms with Crippen molar-refractivity contribution >= 4 is 29.0 Å². The number of carbonyl (C=O) groups excluding carboxylic acids is 1. The fourth-order valence-electron chi connectivity index (χ4n) is 0.557. The number of hydrogen-bond donors (Lipinski definition) is 0. The molecule has 0 bridgehead atoms. The van der Waals surface area contributed by atoms with Gasteiger partial charge in [0.05, 0.1) is 5.88 Å². The Bertz CT molecular complexity index is 121. The highest BCUT2D eigenvalue weighted by atomic mass is 35.5. The molecule has 0 rings (SSSR count). The number of hydrogen-bond acceptors (Lipinski definition) is 1. The lowest BCUT2D eigenvalue weighted by Crippen LogP contribution is -2.25. The third-order valence-electron chi connectivity index (χ3n) is 1.60. The van der Waals surface area contributed by atoms with E-state index in [0.29, 0.717) is 12.3 Å². The van der Waals surface area contributed by atoms with E-state index in [1.165, 1.54) is 0 Å². The van der Waals surface area contributed by atoms with Crippen LogP contribution in [0, 0.1) is 5.41 Å². The Balaban J connectivity index is 3.96. The summed E-state index contributed by atoms with van der Waals surface area (Å²) >= 11 is 10.9. The summed E-state index contributed by atoms with van der Waals surface area (Å²) in [5.41, 5.74) is -0.344. The van der Waals surface area contributed by atoms with Gasteiger partial charge in [0.15, 0.2) is 5.78 Å². The SMILES string of the molecule is CC(C)(CCCl)C(=O)CCl. The van der Waals surface area contributed by atoms with Crippen molar-refractivity contribution in [1.82, 2.24) is 0 Å². The lowest BCUT2D eigenvalue weighted by Gasteiger charge is -2.19. The quantitative estimate of drug-likeness (QED) is 0.611. The predicted octanol–water partition coefficient (Wildman–Crippen LogP) is 2.45. The second-order valence-corrected chi connectivity index (χ2v) is 3.52. The Morgan fingerprint density at radius 2 is 1.90 bits per heavy atom. The maximum absolute atomic E-state index is 11.0. The number of ketones is 1. The van der Waals surface area contributed by atoms with Crippen LogP contribution in [0.2, 0.25) is 0 Å². The van der Waals surface area contributed by atoms with E-state index >= 15 is 0 Å². The first kappa shape index (κ1) is 10.2. The van der Waals surface area contributed by atoms with E-state index in [0.717, 1.165) is 0 Å². The normalized spacial score (nSPS) is 11.6. The van der Waals surface area contributed by atoms with Gasteiger partial charge in [-0.3, -0.25) is 4.79 Å². The Hall–Kier alpha value is 0.250. The van der Waals surface area contributed by atoms with Crippen LogP contribution in [0.4, 0.5) is 0 Å². The van der Waals surface area contributed by atoms with E-state index in [9.17, 15) is 4.79 Å². The average molecular weight is 183 g/mol. The van der Waals surface area contributed by atoms with Gasteiger partial charge in [-0.05, 0) is 6.42 Å². The van der Waals surface area contributed by atoms with Crippen LogP contribution in [0.25, 0.3) is 0 Å². The van der Waals surface area contributed by atoms with Gasteiger partial charge in [-0.2, -0.15) is 0 Å². The first-order valence-corrected chi connectivity index (χ1v) is 4.26. The summed E-state index contributed by atoms with van der Waals surface area (Å²) in [6, 6.07) is 0. The van der Waals surface area contributed by atoms with E-state index in [4.69, 9.17) is 23.2 Å². The molecule has 0 atom stereocenters. The number of alkyl halides is 2. The third kappa shape index (κ3) is 2.89. The monoisotopic (exact) mass is 182 g/mol. The Morgan fingerprint density at radius 3 is 2.20 bits per heavy atom. The highest BCUT2D eigenvalue weighted by molar-refractivity contribution is 6.28. The maximum atomic E-state index is 11.0.